The predicted molar refractivity (Wildman–Crippen MR) is 51.2 cm³/mol. The molecule has 1 unspecified atom stereocenters. The van der Waals surface area contributed by atoms with E-state index in [1.54, 1.807) is 0 Å². The minimum atomic E-state index is -4.31. The van der Waals surface area contributed by atoms with E-state index in [1.165, 1.54) is 0 Å². The molecular weight excluding hydrogens is 209 g/mol. The Morgan fingerprint density at radius 2 is 2.00 bits per heavy atom. The highest BCUT2D eigenvalue weighted by Gasteiger charge is 2.29. The van der Waals surface area contributed by atoms with Crippen LogP contribution >= 0.6 is 0 Å². The topological polar surface area (TPSA) is 55.1 Å². The van der Waals surface area contributed by atoms with E-state index in [0.29, 0.717) is 12.8 Å². The summed E-state index contributed by atoms with van der Waals surface area (Å²) >= 11 is 0. The van der Waals surface area contributed by atoms with Crippen LogP contribution < -0.4 is 11.1 Å². The quantitative estimate of drug-likeness (QED) is 0.647. The fourth-order valence-corrected chi connectivity index (χ4v) is 1.18. The van der Waals surface area contributed by atoms with Crippen molar-refractivity contribution >= 4 is 5.91 Å². The number of hydrogen-bond donors (Lipinski definition) is 2. The Morgan fingerprint density at radius 3 is 2.40 bits per heavy atom. The van der Waals surface area contributed by atoms with Crippen LogP contribution in [0.25, 0.3) is 0 Å². The summed E-state index contributed by atoms with van der Waals surface area (Å²) in [5, 5.41) is 2.12. The van der Waals surface area contributed by atoms with Crippen molar-refractivity contribution < 1.29 is 18.0 Å². The van der Waals surface area contributed by atoms with Crippen LogP contribution in [0.3, 0.4) is 0 Å². The highest BCUT2D eigenvalue weighted by molar-refractivity contribution is 5.79. The maximum absolute atomic E-state index is 11.9. The summed E-state index contributed by atoms with van der Waals surface area (Å²) in [7, 11) is 0. The third-order valence-corrected chi connectivity index (χ3v) is 1.99. The average molecular weight is 226 g/mol. The summed E-state index contributed by atoms with van der Waals surface area (Å²) in [6.45, 7) is 0.801. The first-order chi connectivity index (χ1) is 6.87. The zero-order valence-corrected chi connectivity index (χ0v) is 8.73. The molecular formula is C9H17F3N2O. The summed E-state index contributed by atoms with van der Waals surface area (Å²) in [6, 6.07) is -0.877. The van der Waals surface area contributed by atoms with Crippen molar-refractivity contribution in [3.05, 3.63) is 0 Å². The Kier molecular flexibility index (Phi) is 6.31. The molecule has 0 aliphatic rings. The first-order valence-corrected chi connectivity index (χ1v) is 4.96. The van der Waals surface area contributed by atoms with Crippen LogP contribution in [0.4, 0.5) is 13.2 Å². The minimum Gasteiger partial charge on any atom is -0.368 e. The van der Waals surface area contributed by atoms with Crippen molar-refractivity contribution in [3.8, 4) is 0 Å². The highest BCUT2D eigenvalue weighted by Crippen LogP contribution is 2.13. The van der Waals surface area contributed by atoms with Crippen LogP contribution in [0.2, 0.25) is 0 Å². The number of hydrogen-bond acceptors (Lipinski definition) is 2. The van der Waals surface area contributed by atoms with Gasteiger partial charge in [0, 0.05) is 0 Å². The van der Waals surface area contributed by atoms with E-state index in [4.69, 9.17) is 5.73 Å². The molecule has 0 rings (SSSR count). The van der Waals surface area contributed by atoms with E-state index in [1.807, 2.05) is 6.92 Å². The predicted octanol–water partition coefficient (Wildman–Crippen LogP) is 1.57. The fraction of sp³-hybridized carbons (Fsp3) is 0.889. The van der Waals surface area contributed by atoms with Crippen molar-refractivity contribution in [1.82, 2.24) is 5.32 Å². The number of nitrogens with one attached hydrogen (secondary N) is 1. The molecule has 0 aromatic carbocycles. The smallest absolute Gasteiger partial charge is 0.368 e. The van der Waals surface area contributed by atoms with Crippen molar-refractivity contribution in [2.75, 3.05) is 6.54 Å². The van der Waals surface area contributed by atoms with Crippen molar-refractivity contribution in [3.63, 3.8) is 0 Å². The summed E-state index contributed by atoms with van der Waals surface area (Å²) < 4.78 is 35.6. The molecule has 0 spiro atoms. The Bertz CT molecular complexity index is 194. The van der Waals surface area contributed by atoms with Gasteiger partial charge in [-0.2, -0.15) is 13.2 Å². The van der Waals surface area contributed by atoms with Gasteiger partial charge in [0.2, 0.25) is 5.91 Å². The molecule has 15 heavy (non-hydrogen) atoms. The lowest BCUT2D eigenvalue weighted by molar-refractivity contribution is -0.130. The van der Waals surface area contributed by atoms with Crippen molar-refractivity contribution in [2.24, 2.45) is 5.73 Å². The van der Waals surface area contributed by atoms with Crippen LogP contribution in [-0.4, -0.2) is 24.7 Å². The van der Waals surface area contributed by atoms with E-state index in [9.17, 15) is 18.0 Å². The second-order valence-electron chi connectivity index (χ2n) is 3.45. The molecule has 0 heterocycles. The lowest BCUT2D eigenvalue weighted by atomic mass is 10.1. The summed E-state index contributed by atoms with van der Waals surface area (Å²) in [6.07, 6.45) is -1.41. The summed E-state index contributed by atoms with van der Waals surface area (Å²) in [5.74, 6) is -0.727. The Labute approximate surface area is 87.2 Å². The van der Waals surface area contributed by atoms with Gasteiger partial charge in [-0.05, 0) is 6.42 Å². The van der Waals surface area contributed by atoms with Crippen molar-refractivity contribution in [1.29, 1.82) is 0 Å². The molecule has 0 aliphatic heterocycles. The molecule has 1 amide bonds. The monoisotopic (exact) mass is 226 g/mol. The van der Waals surface area contributed by atoms with Gasteiger partial charge in [0.05, 0.1) is 12.6 Å². The van der Waals surface area contributed by atoms with E-state index in [0.717, 1.165) is 12.8 Å². The van der Waals surface area contributed by atoms with Crippen LogP contribution in [0.15, 0.2) is 0 Å². The largest absolute Gasteiger partial charge is 0.401 e. The number of nitrogens with two attached hydrogens (primary N) is 1. The molecule has 0 saturated heterocycles. The number of carbonyl (C=O) groups is 1. The van der Waals surface area contributed by atoms with Gasteiger partial charge >= 0.3 is 6.18 Å². The normalized spacial score (nSPS) is 13.9. The average Bonchev–Trinajstić information content (AvgIpc) is 2.08. The maximum atomic E-state index is 11.9. The number of amides is 1. The lowest BCUT2D eigenvalue weighted by Gasteiger charge is -2.16. The molecule has 3 N–H and O–H groups in total. The summed E-state index contributed by atoms with van der Waals surface area (Å²) in [5.41, 5.74) is 4.98. The molecule has 0 bridgehead atoms. The first kappa shape index (κ1) is 14.2. The van der Waals surface area contributed by atoms with Gasteiger partial charge in [0.1, 0.15) is 0 Å². The molecule has 90 valence electrons. The number of carbonyl (C=O) groups excluding carboxylic acids is 1. The highest BCUT2D eigenvalue weighted by atomic mass is 19.4. The van der Waals surface area contributed by atoms with Gasteiger partial charge in [0.15, 0.2) is 0 Å². The molecule has 1 atom stereocenters. The zero-order chi connectivity index (χ0) is 11.9. The van der Waals surface area contributed by atoms with E-state index in [-0.39, 0.29) is 0 Å². The molecule has 6 heteroatoms. The third-order valence-electron chi connectivity index (χ3n) is 1.99. The van der Waals surface area contributed by atoms with E-state index >= 15 is 0 Å². The van der Waals surface area contributed by atoms with E-state index in [2.05, 4.69) is 5.32 Å². The Balaban J connectivity index is 3.89. The molecule has 0 aromatic heterocycles. The zero-order valence-electron chi connectivity index (χ0n) is 8.73. The van der Waals surface area contributed by atoms with Crippen LogP contribution in [-0.2, 0) is 4.79 Å². The minimum absolute atomic E-state index is 0.360. The molecule has 0 aliphatic carbocycles. The molecule has 3 nitrogen and oxygen atoms in total. The fourth-order valence-electron chi connectivity index (χ4n) is 1.18. The Hall–Kier alpha value is -0.780. The third kappa shape index (κ3) is 8.23. The first-order valence-electron chi connectivity index (χ1n) is 4.96. The summed E-state index contributed by atoms with van der Waals surface area (Å²) in [4.78, 5) is 10.8. The van der Waals surface area contributed by atoms with Gasteiger partial charge in [0.25, 0.3) is 0 Å². The number of alkyl halides is 3. The van der Waals surface area contributed by atoms with Gasteiger partial charge in [-0.1, -0.05) is 26.2 Å². The number of halogens is 3. The number of unbranched alkanes of at least 4 members (excludes halogenated alkanes) is 2. The van der Waals surface area contributed by atoms with Gasteiger partial charge < -0.3 is 5.73 Å². The molecule has 0 aromatic rings. The van der Waals surface area contributed by atoms with Crippen LogP contribution in [0.1, 0.15) is 32.6 Å². The molecule has 0 saturated carbocycles. The SMILES string of the molecule is CCCCCC(NCC(F)(F)F)C(N)=O. The maximum Gasteiger partial charge on any atom is 0.401 e. The van der Waals surface area contributed by atoms with Crippen LogP contribution in [0, 0.1) is 0 Å². The second kappa shape index (κ2) is 6.66. The van der Waals surface area contributed by atoms with Gasteiger partial charge in [-0.25, -0.2) is 0 Å². The Morgan fingerprint density at radius 1 is 1.40 bits per heavy atom. The molecule has 0 radical (unpaired) electrons. The standard InChI is InChI=1S/C9H17F3N2O/c1-2-3-4-5-7(8(13)15)14-6-9(10,11)12/h7,14H,2-6H2,1H3,(H2,13,15). The van der Waals surface area contributed by atoms with Gasteiger partial charge in [-0.3, -0.25) is 10.1 Å². The lowest BCUT2D eigenvalue weighted by Crippen LogP contribution is -2.45. The number of rotatable bonds is 7. The second-order valence-corrected chi connectivity index (χ2v) is 3.45. The number of primary amides is 1. The van der Waals surface area contributed by atoms with Crippen molar-refractivity contribution in [2.45, 2.75) is 44.8 Å². The van der Waals surface area contributed by atoms with Gasteiger partial charge in [-0.15, -0.1) is 0 Å². The van der Waals surface area contributed by atoms with Crippen LogP contribution in [0.5, 0.6) is 0 Å². The van der Waals surface area contributed by atoms with E-state index < -0.39 is 24.7 Å². The molecule has 0 fully saturated rings.